The van der Waals surface area contributed by atoms with Crippen molar-refractivity contribution in [3.05, 3.63) is 0 Å². The lowest BCUT2D eigenvalue weighted by Crippen LogP contribution is -2.50. The summed E-state index contributed by atoms with van der Waals surface area (Å²) in [5.74, 6) is -0.00176. The number of carbonyl (C=O) groups excluding carboxylic acids is 1. The average Bonchev–Trinajstić information content (AvgIpc) is 2.91. The van der Waals surface area contributed by atoms with E-state index in [4.69, 9.17) is 4.74 Å². The summed E-state index contributed by atoms with van der Waals surface area (Å²) in [7, 11) is 0. The third-order valence-electron chi connectivity index (χ3n) is 3.80. The van der Waals surface area contributed by atoms with Crippen molar-refractivity contribution >= 4 is 23.6 Å². The first-order valence-electron chi connectivity index (χ1n) is 6.46. The number of hydrogen-bond donors (Lipinski definition) is 1. The first-order chi connectivity index (χ1) is 8.68. The van der Waals surface area contributed by atoms with Crippen molar-refractivity contribution in [2.24, 2.45) is 5.92 Å². The largest absolute Gasteiger partial charge is 0.480 e. The summed E-state index contributed by atoms with van der Waals surface area (Å²) < 4.78 is 5.41. The predicted molar refractivity (Wildman–Crippen MR) is 66.2 cm³/mol. The van der Waals surface area contributed by atoms with E-state index in [-0.39, 0.29) is 11.3 Å². The van der Waals surface area contributed by atoms with Crippen LogP contribution in [0.2, 0.25) is 0 Å². The zero-order chi connectivity index (χ0) is 12.7. The Morgan fingerprint density at radius 2 is 2.06 bits per heavy atom. The van der Waals surface area contributed by atoms with Gasteiger partial charge in [0, 0.05) is 12.4 Å². The second-order valence-corrected chi connectivity index (χ2v) is 6.31. The summed E-state index contributed by atoms with van der Waals surface area (Å²) in [5.41, 5.74) is 0. The zero-order valence-electron chi connectivity index (χ0n) is 10.1. The van der Waals surface area contributed by atoms with E-state index in [1.54, 1.807) is 16.7 Å². The van der Waals surface area contributed by atoms with Crippen LogP contribution in [0, 0.1) is 5.92 Å². The molecule has 1 aliphatic carbocycles. The van der Waals surface area contributed by atoms with Gasteiger partial charge < -0.3 is 14.7 Å². The van der Waals surface area contributed by atoms with Gasteiger partial charge in [-0.15, -0.1) is 11.8 Å². The molecule has 2 aliphatic heterocycles. The van der Waals surface area contributed by atoms with Gasteiger partial charge in [-0.1, -0.05) is 0 Å². The molecule has 0 bridgehead atoms. The van der Waals surface area contributed by atoms with Crippen molar-refractivity contribution in [3.63, 3.8) is 0 Å². The summed E-state index contributed by atoms with van der Waals surface area (Å²) >= 11 is 1.61. The lowest BCUT2D eigenvalue weighted by molar-refractivity contribution is -0.153. The highest BCUT2D eigenvalue weighted by Gasteiger charge is 2.49. The van der Waals surface area contributed by atoms with Gasteiger partial charge in [-0.25, -0.2) is 4.79 Å². The molecular formula is C12H17NO4S. The minimum Gasteiger partial charge on any atom is -0.480 e. The molecule has 0 spiro atoms. The van der Waals surface area contributed by atoms with E-state index in [1.807, 2.05) is 0 Å². The highest BCUT2D eigenvalue weighted by Crippen LogP contribution is 2.45. The monoisotopic (exact) mass is 271 g/mol. The Morgan fingerprint density at radius 1 is 1.28 bits per heavy atom. The number of rotatable bonds is 3. The van der Waals surface area contributed by atoms with Crippen LogP contribution in [0.1, 0.15) is 25.7 Å². The molecule has 100 valence electrons. The van der Waals surface area contributed by atoms with Crippen LogP contribution in [0.15, 0.2) is 0 Å². The summed E-state index contributed by atoms with van der Waals surface area (Å²) in [6, 6.07) is -0.669. The van der Waals surface area contributed by atoms with Crippen molar-refractivity contribution in [3.8, 4) is 0 Å². The Balaban J connectivity index is 1.78. The minimum atomic E-state index is -0.892. The van der Waals surface area contributed by atoms with E-state index in [9.17, 15) is 14.7 Å². The normalized spacial score (nSPS) is 36.0. The van der Waals surface area contributed by atoms with Crippen molar-refractivity contribution in [2.45, 2.75) is 43.2 Å². The van der Waals surface area contributed by atoms with Gasteiger partial charge >= 0.3 is 5.97 Å². The molecule has 3 aliphatic rings. The van der Waals surface area contributed by atoms with Gasteiger partial charge in [0.1, 0.15) is 12.1 Å². The van der Waals surface area contributed by atoms with Crippen LogP contribution in [-0.4, -0.2) is 51.8 Å². The highest BCUT2D eigenvalue weighted by molar-refractivity contribution is 8.00. The van der Waals surface area contributed by atoms with E-state index in [1.165, 1.54) is 0 Å². The van der Waals surface area contributed by atoms with Crippen LogP contribution in [0.25, 0.3) is 0 Å². The molecule has 0 aromatic carbocycles. The first kappa shape index (κ1) is 12.3. The summed E-state index contributed by atoms with van der Waals surface area (Å²) in [6.45, 7) is 0.614. The van der Waals surface area contributed by atoms with Gasteiger partial charge in [0.15, 0.2) is 0 Å². The van der Waals surface area contributed by atoms with Crippen LogP contribution in [0.4, 0.5) is 0 Å². The second-order valence-electron chi connectivity index (χ2n) is 5.16. The predicted octanol–water partition coefficient (Wildman–Crippen LogP) is 0.930. The molecule has 3 rings (SSSR count). The van der Waals surface area contributed by atoms with E-state index in [2.05, 4.69) is 0 Å². The Hall–Kier alpha value is -0.750. The summed E-state index contributed by atoms with van der Waals surface area (Å²) in [4.78, 5) is 25.3. The molecule has 1 saturated carbocycles. The van der Waals surface area contributed by atoms with Crippen molar-refractivity contribution in [1.29, 1.82) is 0 Å². The standard InChI is InChI=1S/C12H17NO4S/c14-10(9-2-1-5-17-9)13-8(12(15)16)6-18-11(13)7-3-4-7/h7-9,11H,1-6H2,(H,15,16)/t8?,9-,11?/m0/s1. The number of amides is 1. The Morgan fingerprint density at radius 3 is 2.61 bits per heavy atom. The van der Waals surface area contributed by atoms with Gasteiger partial charge in [-0.05, 0) is 31.6 Å². The topological polar surface area (TPSA) is 66.8 Å². The molecule has 3 atom stereocenters. The molecule has 0 aromatic rings. The quantitative estimate of drug-likeness (QED) is 0.827. The lowest BCUT2D eigenvalue weighted by Gasteiger charge is -2.29. The smallest absolute Gasteiger partial charge is 0.327 e. The second kappa shape index (κ2) is 4.74. The van der Waals surface area contributed by atoms with Gasteiger partial charge in [-0.3, -0.25) is 4.79 Å². The third kappa shape index (κ3) is 2.12. The molecule has 1 amide bonds. The fraction of sp³-hybridized carbons (Fsp3) is 0.833. The van der Waals surface area contributed by atoms with E-state index >= 15 is 0 Å². The Labute approximate surface area is 110 Å². The van der Waals surface area contributed by atoms with Gasteiger partial charge in [0.05, 0.1) is 5.37 Å². The summed E-state index contributed by atoms with van der Waals surface area (Å²) in [5, 5.41) is 9.31. The molecule has 2 saturated heterocycles. The number of nitrogens with zero attached hydrogens (tertiary/aromatic N) is 1. The van der Waals surface area contributed by atoms with Crippen LogP contribution in [-0.2, 0) is 14.3 Å². The highest BCUT2D eigenvalue weighted by atomic mass is 32.2. The molecule has 2 unspecified atom stereocenters. The molecule has 6 heteroatoms. The maximum atomic E-state index is 12.4. The van der Waals surface area contributed by atoms with Gasteiger partial charge in [-0.2, -0.15) is 0 Å². The van der Waals surface area contributed by atoms with Gasteiger partial charge in [0.2, 0.25) is 0 Å². The SMILES string of the molecule is O=C(O)C1CSC(C2CC2)N1C(=O)[C@@H]1CCCO1. The Kier molecular flexibility index (Phi) is 3.23. The van der Waals surface area contributed by atoms with Crippen LogP contribution < -0.4 is 0 Å². The number of thioether (sulfide) groups is 1. The molecule has 3 fully saturated rings. The molecule has 0 radical (unpaired) electrons. The van der Waals surface area contributed by atoms with E-state index in [0.29, 0.717) is 18.3 Å². The van der Waals surface area contributed by atoms with Crippen molar-refractivity contribution < 1.29 is 19.4 Å². The maximum absolute atomic E-state index is 12.4. The number of hydrogen-bond acceptors (Lipinski definition) is 4. The number of ether oxygens (including phenoxy) is 1. The van der Waals surface area contributed by atoms with Crippen molar-refractivity contribution in [2.75, 3.05) is 12.4 Å². The van der Waals surface area contributed by atoms with E-state index < -0.39 is 18.1 Å². The van der Waals surface area contributed by atoms with Crippen molar-refractivity contribution in [1.82, 2.24) is 4.90 Å². The number of carboxylic acid groups (broad SMARTS) is 1. The molecule has 2 heterocycles. The number of carbonyl (C=O) groups is 2. The van der Waals surface area contributed by atoms with Crippen LogP contribution >= 0.6 is 11.8 Å². The summed E-state index contributed by atoms with van der Waals surface area (Å²) in [6.07, 6.45) is 3.43. The molecule has 18 heavy (non-hydrogen) atoms. The number of carboxylic acids is 1. The molecule has 5 nitrogen and oxygen atoms in total. The molecule has 0 aromatic heterocycles. The number of aliphatic carboxylic acids is 1. The average molecular weight is 271 g/mol. The fourth-order valence-electron chi connectivity index (χ4n) is 2.68. The van der Waals surface area contributed by atoms with Crippen LogP contribution in [0.3, 0.4) is 0 Å². The maximum Gasteiger partial charge on any atom is 0.327 e. The molecular weight excluding hydrogens is 254 g/mol. The third-order valence-corrected chi connectivity index (χ3v) is 5.27. The van der Waals surface area contributed by atoms with Gasteiger partial charge in [0.25, 0.3) is 5.91 Å². The first-order valence-corrected chi connectivity index (χ1v) is 7.51. The molecule has 1 N–H and O–H groups in total. The minimum absolute atomic E-state index is 0.0581. The lowest BCUT2D eigenvalue weighted by atomic mass is 10.1. The van der Waals surface area contributed by atoms with Crippen LogP contribution in [0.5, 0.6) is 0 Å². The Bertz CT molecular complexity index is 365. The fourth-order valence-corrected chi connectivity index (χ4v) is 4.32. The van der Waals surface area contributed by atoms with E-state index in [0.717, 1.165) is 25.7 Å². The zero-order valence-corrected chi connectivity index (χ0v) is 10.9.